The average molecular weight is 308 g/mol. The maximum atomic E-state index is 11.7. The van der Waals surface area contributed by atoms with Crippen molar-refractivity contribution in [2.75, 3.05) is 5.32 Å². The lowest BCUT2D eigenvalue weighted by molar-refractivity contribution is -0.122. The van der Waals surface area contributed by atoms with Crippen molar-refractivity contribution in [3.05, 3.63) is 23.2 Å². The Hall–Kier alpha value is -0.780. The molecule has 1 saturated carbocycles. The van der Waals surface area contributed by atoms with Crippen LogP contribution in [0.5, 0.6) is 0 Å². The minimum absolute atomic E-state index is 0.0394. The zero-order chi connectivity index (χ0) is 13.3. The van der Waals surface area contributed by atoms with E-state index in [0.717, 1.165) is 19.3 Å². The molecule has 1 aliphatic rings. The standard InChI is InChI=1S/C11H11Cl2NO3S/c12-9-6-8(18(13,16)17)4-5-10(9)14-11(15)7-2-1-3-7/h4-7H,1-3H2,(H,14,15). The van der Waals surface area contributed by atoms with Crippen LogP contribution in [-0.4, -0.2) is 14.3 Å². The molecule has 2 rings (SSSR count). The predicted molar refractivity (Wildman–Crippen MR) is 70.5 cm³/mol. The summed E-state index contributed by atoms with van der Waals surface area (Å²) in [6, 6.07) is 3.97. The third kappa shape index (κ3) is 2.96. The summed E-state index contributed by atoms with van der Waals surface area (Å²) in [5, 5.41) is 2.84. The fourth-order valence-corrected chi connectivity index (χ4v) is 2.72. The highest BCUT2D eigenvalue weighted by Crippen LogP contribution is 2.30. The van der Waals surface area contributed by atoms with Gasteiger partial charge in [0.2, 0.25) is 5.91 Å². The number of hydrogen-bond acceptors (Lipinski definition) is 3. The number of halogens is 2. The Morgan fingerprint density at radius 2 is 2.00 bits per heavy atom. The van der Waals surface area contributed by atoms with Gasteiger partial charge in [-0.1, -0.05) is 18.0 Å². The van der Waals surface area contributed by atoms with Crippen LogP contribution < -0.4 is 5.32 Å². The molecule has 0 radical (unpaired) electrons. The lowest BCUT2D eigenvalue weighted by atomic mass is 9.85. The summed E-state index contributed by atoms with van der Waals surface area (Å²) in [4.78, 5) is 11.6. The maximum absolute atomic E-state index is 11.7. The second kappa shape index (κ2) is 5.07. The lowest BCUT2D eigenvalue weighted by Crippen LogP contribution is -2.28. The number of carbonyl (C=O) groups is 1. The predicted octanol–water partition coefficient (Wildman–Crippen LogP) is 3.01. The smallest absolute Gasteiger partial charge is 0.261 e. The first-order valence-corrected chi connectivity index (χ1v) is 8.12. The van der Waals surface area contributed by atoms with Gasteiger partial charge in [0.1, 0.15) is 0 Å². The number of benzene rings is 1. The third-order valence-corrected chi connectivity index (χ3v) is 4.62. The Morgan fingerprint density at radius 1 is 1.33 bits per heavy atom. The molecule has 1 N–H and O–H groups in total. The first-order valence-electron chi connectivity index (χ1n) is 5.43. The fraction of sp³-hybridized carbons (Fsp3) is 0.364. The van der Waals surface area contributed by atoms with E-state index in [1.54, 1.807) is 0 Å². The van der Waals surface area contributed by atoms with Crippen molar-refractivity contribution in [1.29, 1.82) is 0 Å². The van der Waals surface area contributed by atoms with Gasteiger partial charge in [0, 0.05) is 16.6 Å². The highest BCUT2D eigenvalue weighted by molar-refractivity contribution is 8.13. The molecule has 1 amide bonds. The largest absolute Gasteiger partial charge is 0.325 e. The summed E-state index contributed by atoms with van der Waals surface area (Å²) in [6.45, 7) is 0. The molecule has 1 aromatic carbocycles. The SMILES string of the molecule is O=C(Nc1ccc(S(=O)(=O)Cl)cc1Cl)C1CCC1. The average Bonchev–Trinajstić information content (AvgIpc) is 2.16. The molecule has 1 fully saturated rings. The molecule has 98 valence electrons. The van der Waals surface area contributed by atoms with E-state index in [4.69, 9.17) is 22.3 Å². The second-order valence-electron chi connectivity index (χ2n) is 4.20. The summed E-state index contributed by atoms with van der Waals surface area (Å²) < 4.78 is 22.2. The summed E-state index contributed by atoms with van der Waals surface area (Å²) >= 11 is 5.91. The van der Waals surface area contributed by atoms with Gasteiger partial charge >= 0.3 is 0 Å². The molecule has 0 aromatic heterocycles. The van der Waals surface area contributed by atoms with Crippen molar-refractivity contribution in [2.24, 2.45) is 5.92 Å². The fourth-order valence-electron chi connectivity index (χ4n) is 1.65. The van der Waals surface area contributed by atoms with Gasteiger partial charge in [-0.3, -0.25) is 4.79 Å². The second-order valence-corrected chi connectivity index (χ2v) is 7.17. The number of rotatable bonds is 3. The molecule has 0 unspecified atom stereocenters. The van der Waals surface area contributed by atoms with E-state index >= 15 is 0 Å². The molecule has 0 heterocycles. The van der Waals surface area contributed by atoms with E-state index in [2.05, 4.69) is 5.32 Å². The van der Waals surface area contributed by atoms with Crippen LogP contribution in [0.25, 0.3) is 0 Å². The van der Waals surface area contributed by atoms with Gasteiger partial charge in [0.15, 0.2) is 0 Å². The number of amides is 1. The molecule has 4 nitrogen and oxygen atoms in total. The Labute approximate surface area is 115 Å². The van der Waals surface area contributed by atoms with Gasteiger partial charge in [-0.2, -0.15) is 0 Å². The van der Waals surface area contributed by atoms with Crippen LogP contribution in [0.15, 0.2) is 23.1 Å². The minimum Gasteiger partial charge on any atom is -0.325 e. The molecular formula is C11H11Cl2NO3S. The van der Waals surface area contributed by atoms with E-state index in [-0.39, 0.29) is 21.7 Å². The minimum atomic E-state index is -3.81. The van der Waals surface area contributed by atoms with Gasteiger partial charge in [-0.15, -0.1) is 0 Å². The van der Waals surface area contributed by atoms with Crippen molar-refractivity contribution in [2.45, 2.75) is 24.2 Å². The van der Waals surface area contributed by atoms with Gasteiger partial charge < -0.3 is 5.32 Å². The molecular weight excluding hydrogens is 297 g/mol. The maximum Gasteiger partial charge on any atom is 0.261 e. The topological polar surface area (TPSA) is 63.2 Å². The summed E-state index contributed by atoms with van der Waals surface area (Å²) in [7, 11) is 1.39. The monoisotopic (exact) mass is 307 g/mol. The van der Waals surface area contributed by atoms with E-state index in [1.807, 2.05) is 0 Å². The van der Waals surface area contributed by atoms with Crippen molar-refractivity contribution < 1.29 is 13.2 Å². The zero-order valence-corrected chi connectivity index (χ0v) is 11.6. The van der Waals surface area contributed by atoms with Crippen LogP contribution in [0, 0.1) is 5.92 Å². The number of nitrogens with one attached hydrogen (secondary N) is 1. The third-order valence-electron chi connectivity index (χ3n) is 2.96. The Morgan fingerprint density at radius 3 is 2.44 bits per heavy atom. The molecule has 1 aliphatic carbocycles. The van der Waals surface area contributed by atoms with Crippen molar-refractivity contribution in [1.82, 2.24) is 0 Å². The highest BCUT2D eigenvalue weighted by atomic mass is 35.7. The highest BCUT2D eigenvalue weighted by Gasteiger charge is 2.25. The quantitative estimate of drug-likeness (QED) is 0.873. The summed E-state index contributed by atoms with van der Waals surface area (Å²) in [5.41, 5.74) is 0.401. The van der Waals surface area contributed by atoms with Gasteiger partial charge in [-0.25, -0.2) is 8.42 Å². The van der Waals surface area contributed by atoms with E-state index in [0.29, 0.717) is 5.69 Å². The number of anilines is 1. The first kappa shape index (κ1) is 13.6. The normalized spacial score (nSPS) is 16.1. The van der Waals surface area contributed by atoms with Gasteiger partial charge in [-0.05, 0) is 31.0 Å². The molecule has 0 saturated heterocycles. The first-order chi connectivity index (χ1) is 8.38. The van der Waals surface area contributed by atoms with E-state index in [1.165, 1.54) is 18.2 Å². The molecule has 0 spiro atoms. The molecule has 0 atom stereocenters. The van der Waals surface area contributed by atoms with Gasteiger partial charge in [0.05, 0.1) is 15.6 Å². The molecule has 0 bridgehead atoms. The molecule has 7 heteroatoms. The van der Waals surface area contributed by atoms with Crippen molar-refractivity contribution in [3.63, 3.8) is 0 Å². The molecule has 0 aliphatic heterocycles. The Bertz CT molecular complexity index is 582. The van der Waals surface area contributed by atoms with Crippen LogP contribution in [0.3, 0.4) is 0 Å². The van der Waals surface area contributed by atoms with Crippen LogP contribution in [0.4, 0.5) is 5.69 Å². The van der Waals surface area contributed by atoms with Crippen molar-refractivity contribution in [3.8, 4) is 0 Å². The van der Waals surface area contributed by atoms with Crippen LogP contribution in [0.1, 0.15) is 19.3 Å². The van der Waals surface area contributed by atoms with Crippen LogP contribution in [-0.2, 0) is 13.8 Å². The summed E-state index contributed by atoms with van der Waals surface area (Å²) in [5.74, 6) is -0.0397. The van der Waals surface area contributed by atoms with Gasteiger partial charge in [0.25, 0.3) is 9.05 Å². The molecule has 1 aromatic rings. The Kier molecular flexibility index (Phi) is 3.84. The number of carbonyl (C=O) groups excluding carboxylic acids is 1. The van der Waals surface area contributed by atoms with E-state index in [9.17, 15) is 13.2 Å². The molecule has 18 heavy (non-hydrogen) atoms. The lowest BCUT2D eigenvalue weighted by Gasteiger charge is -2.24. The van der Waals surface area contributed by atoms with Crippen LogP contribution in [0.2, 0.25) is 5.02 Å². The van der Waals surface area contributed by atoms with Crippen molar-refractivity contribution >= 4 is 42.9 Å². The van der Waals surface area contributed by atoms with E-state index < -0.39 is 9.05 Å². The zero-order valence-electron chi connectivity index (χ0n) is 9.32. The van der Waals surface area contributed by atoms with Crippen LogP contribution >= 0.6 is 22.3 Å². The number of hydrogen-bond donors (Lipinski definition) is 1. The summed E-state index contributed by atoms with van der Waals surface area (Å²) in [6.07, 6.45) is 2.84. The Balaban J connectivity index is 2.17.